The van der Waals surface area contributed by atoms with E-state index >= 15 is 0 Å². The van der Waals surface area contributed by atoms with Crippen molar-refractivity contribution in [1.82, 2.24) is 10.3 Å². The van der Waals surface area contributed by atoms with Crippen LogP contribution in [-0.2, 0) is 4.79 Å². The summed E-state index contributed by atoms with van der Waals surface area (Å²) >= 11 is 1.29. The van der Waals surface area contributed by atoms with Gasteiger partial charge in [-0.2, -0.15) is 5.26 Å². The van der Waals surface area contributed by atoms with Crippen LogP contribution in [0.3, 0.4) is 0 Å². The van der Waals surface area contributed by atoms with Gasteiger partial charge in [-0.1, -0.05) is 23.4 Å². The lowest BCUT2D eigenvalue weighted by molar-refractivity contribution is -0.119. The van der Waals surface area contributed by atoms with E-state index in [1.165, 1.54) is 11.8 Å². The summed E-state index contributed by atoms with van der Waals surface area (Å²) in [5.41, 5.74) is 2.21. The first kappa shape index (κ1) is 16.3. The van der Waals surface area contributed by atoms with Crippen molar-refractivity contribution in [3.63, 3.8) is 0 Å². The third-order valence-corrected chi connectivity index (χ3v) is 3.90. The fourth-order valence-corrected chi connectivity index (χ4v) is 2.82. The quantitative estimate of drug-likeness (QED) is 0.882. The normalized spacial score (nSPS) is 11.2. The summed E-state index contributed by atoms with van der Waals surface area (Å²) < 4.78 is 0. The van der Waals surface area contributed by atoms with Gasteiger partial charge in [-0.05, 0) is 45.9 Å². The maximum absolute atomic E-state index is 11.9. The van der Waals surface area contributed by atoms with E-state index < -0.39 is 0 Å². The number of nitrogens with zero attached hydrogens (tertiary/aromatic N) is 2. The van der Waals surface area contributed by atoms with Crippen LogP contribution in [0.2, 0.25) is 0 Å². The van der Waals surface area contributed by atoms with Gasteiger partial charge in [0.15, 0.2) is 0 Å². The fourth-order valence-electron chi connectivity index (χ4n) is 2.06. The van der Waals surface area contributed by atoms with E-state index in [2.05, 4.69) is 16.4 Å². The Hall–Kier alpha value is -2.06. The van der Waals surface area contributed by atoms with Gasteiger partial charge in [-0.25, -0.2) is 4.98 Å². The van der Waals surface area contributed by atoms with E-state index in [1.807, 2.05) is 52.0 Å². The van der Waals surface area contributed by atoms with Crippen molar-refractivity contribution in [1.29, 1.82) is 5.26 Å². The third kappa shape index (κ3) is 4.22. The number of benzene rings is 1. The van der Waals surface area contributed by atoms with Gasteiger partial charge in [0.25, 0.3) is 0 Å². The second-order valence-electron chi connectivity index (χ2n) is 6.24. The molecule has 0 atom stereocenters. The predicted octanol–water partition coefficient (Wildman–Crippen LogP) is 3.42. The Morgan fingerprint density at radius 1 is 1.36 bits per heavy atom. The molecular formula is C17H19N3OS. The molecule has 0 saturated heterocycles. The van der Waals surface area contributed by atoms with Crippen molar-refractivity contribution in [2.24, 2.45) is 0 Å². The number of carbonyl (C=O) groups is 1. The van der Waals surface area contributed by atoms with Crippen molar-refractivity contribution < 1.29 is 4.79 Å². The molecule has 0 fully saturated rings. The number of fused-ring (bicyclic) bond motifs is 1. The monoisotopic (exact) mass is 313 g/mol. The highest BCUT2D eigenvalue weighted by atomic mass is 32.2. The van der Waals surface area contributed by atoms with Crippen molar-refractivity contribution in [3.05, 3.63) is 35.4 Å². The van der Waals surface area contributed by atoms with Crippen LogP contribution in [0.5, 0.6) is 0 Å². The van der Waals surface area contributed by atoms with Gasteiger partial charge in [0, 0.05) is 10.9 Å². The smallest absolute Gasteiger partial charge is 0.230 e. The number of carbonyl (C=O) groups excluding carboxylic acids is 1. The van der Waals surface area contributed by atoms with Gasteiger partial charge in [-0.15, -0.1) is 0 Å². The number of aromatic nitrogens is 1. The molecule has 1 aromatic heterocycles. The molecule has 22 heavy (non-hydrogen) atoms. The zero-order chi connectivity index (χ0) is 16.3. The minimum Gasteiger partial charge on any atom is -0.351 e. The summed E-state index contributed by atoms with van der Waals surface area (Å²) in [7, 11) is 0. The van der Waals surface area contributed by atoms with Crippen LogP contribution < -0.4 is 5.32 Å². The third-order valence-electron chi connectivity index (χ3n) is 2.91. The lowest BCUT2D eigenvalue weighted by Crippen LogP contribution is -2.41. The molecule has 114 valence electrons. The largest absolute Gasteiger partial charge is 0.351 e. The summed E-state index contributed by atoms with van der Waals surface area (Å²) in [4.78, 5) is 16.4. The minimum atomic E-state index is -0.260. The highest BCUT2D eigenvalue weighted by Crippen LogP contribution is 2.25. The molecule has 0 aliphatic rings. The zero-order valence-corrected chi connectivity index (χ0v) is 14.0. The molecule has 5 heteroatoms. The molecule has 0 aliphatic carbocycles. The lowest BCUT2D eigenvalue weighted by atomic mass is 10.1. The van der Waals surface area contributed by atoms with Gasteiger partial charge in [0.1, 0.15) is 11.1 Å². The van der Waals surface area contributed by atoms with Crippen LogP contribution >= 0.6 is 11.8 Å². The van der Waals surface area contributed by atoms with Crippen LogP contribution in [0.15, 0.2) is 29.3 Å². The second-order valence-corrected chi connectivity index (χ2v) is 7.20. The van der Waals surface area contributed by atoms with Crippen molar-refractivity contribution >= 4 is 28.6 Å². The first-order chi connectivity index (χ1) is 10.3. The standard InChI is InChI=1S/C17H19N3OS/c1-11-5-6-14-12(7-11)8-13(9-18)16(19-14)22-10-15(21)20-17(2,3)4/h5-8H,10H2,1-4H3,(H,20,21). The van der Waals surface area contributed by atoms with Gasteiger partial charge >= 0.3 is 0 Å². The molecule has 0 spiro atoms. The van der Waals surface area contributed by atoms with E-state index in [9.17, 15) is 10.1 Å². The molecule has 0 bridgehead atoms. The summed E-state index contributed by atoms with van der Waals surface area (Å²) in [5.74, 6) is 0.184. The van der Waals surface area contributed by atoms with Gasteiger partial charge in [0.05, 0.1) is 16.8 Å². The predicted molar refractivity (Wildman–Crippen MR) is 89.8 cm³/mol. The summed E-state index contributed by atoms with van der Waals surface area (Å²) in [6.07, 6.45) is 0. The maximum atomic E-state index is 11.9. The highest BCUT2D eigenvalue weighted by molar-refractivity contribution is 8.00. The number of pyridine rings is 1. The highest BCUT2D eigenvalue weighted by Gasteiger charge is 2.15. The Bertz CT molecular complexity index is 757. The molecule has 1 aromatic carbocycles. The Labute approximate surface area is 134 Å². The van der Waals surface area contributed by atoms with Crippen molar-refractivity contribution in [2.45, 2.75) is 38.3 Å². The van der Waals surface area contributed by atoms with Gasteiger partial charge in [-0.3, -0.25) is 4.79 Å². The number of amides is 1. The molecule has 1 N–H and O–H groups in total. The molecule has 2 rings (SSSR count). The van der Waals surface area contributed by atoms with E-state index in [0.717, 1.165) is 16.5 Å². The number of nitrogens with one attached hydrogen (secondary N) is 1. The molecular weight excluding hydrogens is 294 g/mol. The number of thioether (sulfide) groups is 1. The van der Waals surface area contributed by atoms with E-state index in [1.54, 1.807) is 0 Å². The zero-order valence-electron chi connectivity index (χ0n) is 13.2. The number of hydrogen-bond acceptors (Lipinski definition) is 4. The Kier molecular flexibility index (Phi) is 4.72. The number of rotatable bonds is 3. The molecule has 1 heterocycles. The molecule has 0 radical (unpaired) electrons. The molecule has 0 saturated carbocycles. The van der Waals surface area contributed by atoms with Crippen LogP contribution in [0, 0.1) is 18.3 Å². The minimum absolute atomic E-state index is 0.0628. The Balaban J connectivity index is 2.22. The SMILES string of the molecule is Cc1ccc2nc(SCC(=O)NC(C)(C)C)c(C#N)cc2c1. The number of aryl methyl sites for hydroxylation is 1. The fraction of sp³-hybridized carbons (Fsp3) is 0.353. The van der Waals surface area contributed by atoms with Crippen LogP contribution in [0.4, 0.5) is 0 Å². The van der Waals surface area contributed by atoms with E-state index in [-0.39, 0.29) is 17.2 Å². The maximum Gasteiger partial charge on any atom is 0.230 e. The van der Waals surface area contributed by atoms with Gasteiger partial charge < -0.3 is 5.32 Å². The molecule has 0 unspecified atom stereocenters. The van der Waals surface area contributed by atoms with Crippen LogP contribution in [0.1, 0.15) is 31.9 Å². The average Bonchev–Trinajstić information content (AvgIpc) is 2.42. The Morgan fingerprint density at radius 3 is 2.73 bits per heavy atom. The van der Waals surface area contributed by atoms with E-state index in [0.29, 0.717) is 10.6 Å². The molecule has 4 nitrogen and oxygen atoms in total. The first-order valence-corrected chi connectivity index (χ1v) is 8.02. The van der Waals surface area contributed by atoms with Gasteiger partial charge in [0.2, 0.25) is 5.91 Å². The average molecular weight is 313 g/mol. The lowest BCUT2D eigenvalue weighted by Gasteiger charge is -2.20. The number of hydrogen-bond donors (Lipinski definition) is 1. The van der Waals surface area contributed by atoms with Crippen molar-refractivity contribution in [3.8, 4) is 6.07 Å². The summed E-state index contributed by atoms with van der Waals surface area (Å²) in [5, 5.41) is 13.7. The van der Waals surface area contributed by atoms with Crippen molar-refractivity contribution in [2.75, 3.05) is 5.75 Å². The van der Waals surface area contributed by atoms with E-state index in [4.69, 9.17) is 0 Å². The molecule has 1 amide bonds. The molecule has 2 aromatic rings. The number of nitriles is 1. The molecule has 0 aliphatic heterocycles. The Morgan fingerprint density at radius 2 is 2.09 bits per heavy atom. The summed E-state index contributed by atoms with van der Waals surface area (Å²) in [6, 6.07) is 9.92. The topological polar surface area (TPSA) is 65.8 Å². The summed E-state index contributed by atoms with van der Waals surface area (Å²) in [6.45, 7) is 7.82. The van der Waals surface area contributed by atoms with Crippen LogP contribution in [0.25, 0.3) is 10.9 Å². The second kappa shape index (κ2) is 6.37. The van der Waals surface area contributed by atoms with Crippen LogP contribution in [-0.4, -0.2) is 22.2 Å². The first-order valence-electron chi connectivity index (χ1n) is 7.04.